The third kappa shape index (κ3) is 6.30. The maximum Gasteiger partial charge on any atom is 0.573 e. The molecule has 0 bridgehead atoms. The summed E-state index contributed by atoms with van der Waals surface area (Å²) in [5.74, 6) is -4.54. The second kappa shape index (κ2) is 7.40. The van der Waals surface area contributed by atoms with Crippen molar-refractivity contribution in [2.24, 2.45) is 5.73 Å². The van der Waals surface area contributed by atoms with Crippen molar-refractivity contribution < 1.29 is 35.1 Å². The highest BCUT2D eigenvalue weighted by molar-refractivity contribution is 7.89. The number of nitrogens with two attached hydrogens (primary N) is 1. The van der Waals surface area contributed by atoms with E-state index in [1.807, 2.05) is 0 Å². The Labute approximate surface area is 129 Å². The Balaban J connectivity index is 0.00000441. The summed E-state index contributed by atoms with van der Waals surface area (Å²) in [6, 6.07) is 3.78. The van der Waals surface area contributed by atoms with Crippen LogP contribution >= 0.6 is 12.4 Å². The molecule has 0 amide bonds. The van der Waals surface area contributed by atoms with Gasteiger partial charge in [-0.05, 0) is 12.1 Å². The molecule has 0 atom stereocenters. The lowest BCUT2D eigenvalue weighted by Gasteiger charge is -2.17. The molecule has 0 spiro atoms. The Hall–Kier alpha value is -1.17. The number of alkyl halides is 5. The number of rotatable bonds is 6. The third-order valence-electron chi connectivity index (χ3n) is 2.18. The molecule has 0 saturated heterocycles. The van der Waals surface area contributed by atoms with E-state index in [0.717, 1.165) is 24.3 Å². The SMILES string of the molecule is Cl.NCC(F)(F)CNS(=O)(=O)c1ccccc1OC(F)(F)F. The molecule has 1 aromatic carbocycles. The van der Waals surface area contributed by atoms with E-state index in [0.29, 0.717) is 0 Å². The number of hydrogen-bond acceptors (Lipinski definition) is 4. The molecule has 1 rings (SSSR count). The average Bonchev–Trinajstić information content (AvgIpc) is 2.35. The molecule has 1 aromatic rings. The molecule has 0 aliphatic carbocycles. The predicted molar refractivity (Wildman–Crippen MR) is 69.6 cm³/mol. The van der Waals surface area contributed by atoms with Crippen LogP contribution in [0, 0.1) is 0 Å². The molecule has 22 heavy (non-hydrogen) atoms. The number of sulfonamides is 1. The van der Waals surface area contributed by atoms with Crippen LogP contribution in [-0.4, -0.2) is 33.8 Å². The smallest absolute Gasteiger partial charge is 0.404 e. The van der Waals surface area contributed by atoms with Gasteiger partial charge >= 0.3 is 6.36 Å². The fourth-order valence-corrected chi connectivity index (χ4v) is 2.42. The molecule has 0 radical (unpaired) electrons. The lowest BCUT2D eigenvalue weighted by Crippen LogP contribution is -2.41. The van der Waals surface area contributed by atoms with Gasteiger partial charge in [0.1, 0.15) is 10.6 Å². The van der Waals surface area contributed by atoms with Crippen LogP contribution in [0.4, 0.5) is 22.0 Å². The zero-order valence-electron chi connectivity index (χ0n) is 10.7. The summed E-state index contributed by atoms with van der Waals surface area (Å²) in [5, 5.41) is 0. The van der Waals surface area contributed by atoms with Gasteiger partial charge in [-0.1, -0.05) is 12.1 Å². The van der Waals surface area contributed by atoms with Gasteiger partial charge in [0.2, 0.25) is 10.0 Å². The Morgan fingerprint density at radius 2 is 1.68 bits per heavy atom. The molecule has 0 aliphatic heterocycles. The second-order valence-electron chi connectivity index (χ2n) is 3.88. The monoisotopic (exact) mass is 370 g/mol. The van der Waals surface area contributed by atoms with Crippen molar-refractivity contribution in [2.75, 3.05) is 13.1 Å². The highest BCUT2D eigenvalue weighted by Crippen LogP contribution is 2.29. The van der Waals surface area contributed by atoms with Crippen LogP contribution < -0.4 is 15.2 Å². The molecule has 0 aliphatic rings. The molecule has 5 nitrogen and oxygen atoms in total. The predicted octanol–water partition coefficient (Wildman–Crippen LogP) is 1.88. The third-order valence-corrected chi connectivity index (χ3v) is 3.62. The van der Waals surface area contributed by atoms with Gasteiger partial charge in [0.25, 0.3) is 5.92 Å². The summed E-state index contributed by atoms with van der Waals surface area (Å²) in [4.78, 5) is -0.907. The van der Waals surface area contributed by atoms with Crippen molar-refractivity contribution >= 4 is 22.4 Å². The summed E-state index contributed by atoms with van der Waals surface area (Å²) in [6.45, 7) is -2.46. The minimum atomic E-state index is -5.12. The van der Waals surface area contributed by atoms with E-state index in [4.69, 9.17) is 5.73 Å². The molecule has 0 aromatic heterocycles. The van der Waals surface area contributed by atoms with Crippen molar-refractivity contribution in [1.82, 2.24) is 4.72 Å². The van der Waals surface area contributed by atoms with Crippen molar-refractivity contribution in [3.05, 3.63) is 24.3 Å². The fraction of sp³-hybridized carbons (Fsp3) is 0.400. The van der Waals surface area contributed by atoms with E-state index >= 15 is 0 Å². The minimum Gasteiger partial charge on any atom is -0.404 e. The van der Waals surface area contributed by atoms with Gasteiger partial charge in [-0.3, -0.25) is 0 Å². The van der Waals surface area contributed by atoms with Crippen LogP contribution in [0.25, 0.3) is 0 Å². The quantitative estimate of drug-likeness (QED) is 0.749. The lowest BCUT2D eigenvalue weighted by atomic mass is 10.3. The lowest BCUT2D eigenvalue weighted by molar-refractivity contribution is -0.275. The number of hydrogen-bond donors (Lipinski definition) is 2. The first-order valence-electron chi connectivity index (χ1n) is 5.39. The van der Waals surface area contributed by atoms with E-state index in [1.54, 1.807) is 0 Å². The molecular formula is C10H12ClF5N2O3S. The molecule has 12 heteroatoms. The highest BCUT2D eigenvalue weighted by atomic mass is 35.5. The highest BCUT2D eigenvalue weighted by Gasteiger charge is 2.35. The Bertz CT molecular complexity index is 594. The molecule has 0 heterocycles. The molecule has 128 valence electrons. The summed E-state index contributed by atoms with van der Waals surface area (Å²) in [6.07, 6.45) is -5.12. The Morgan fingerprint density at radius 3 is 2.18 bits per heavy atom. The van der Waals surface area contributed by atoms with Crippen LogP contribution in [-0.2, 0) is 10.0 Å². The van der Waals surface area contributed by atoms with Gasteiger partial charge in [-0.25, -0.2) is 21.9 Å². The van der Waals surface area contributed by atoms with E-state index in [9.17, 15) is 30.4 Å². The van der Waals surface area contributed by atoms with Crippen molar-refractivity contribution in [1.29, 1.82) is 0 Å². The number of halogens is 6. The number of ether oxygens (including phenoxy) is 1. The van der Waals surface area contributed by atoms with E-state index in [2.05, 4.69) is 4.74 Å². The van der Waals surface area contributed by atoms with Crippen LogP contribution in [0.1, 0.15) is 0 Å². The van der Waals surface area contributed by atoms with Gasteiger partial charge in [0, 0.05) is 0 Å². The van der Waals surface area contributed by atoms with Crippen LogP contribution in [0.3, 0.4) is 0 Å². The maximum absolute atomic E-state index is 12.9. The molecule has 0 fully saturated rings. The summed E-state index contributed by atoms with van der Waals surface area (Å²) >= 11 is 0. The summed E-state index contributed by atoms with van der Waals surface area (Å²) in [5.41, 5.74) is 4.73. The zero-order chi connectivity index (χ0) is 16.3. The largest absolute Gasteiger partial charge is 0.573 e. The standard InChI is InChI=1S/C10H11F5N2O3S.ClH/c11-9(12,5-16)6-17-21(18,19)8-4-2-1-3-7(8)20-10(13,14)15;/h1-4,17H,5-6,16H2;1H. The van der Waals surface area contributed by atoms with Crippen molar-refractivity contribution in [3.63, 3.8) is 0 Å². The first kappa shape index (κ1) is 20.8. The van der Waals surface area contributed by atoms with E-state index in [1.165, 1.54) is 4.72 Å². The summed E-state index contributed by atoms with van der Waals surface area (Å²) < 4.78 is 90.9. The second-order valence-corrected chi connectivity index (χ2v) is 5.61. The normalized spacial score (nSPS) is 12.6. The van der Waals surface area contributed by atoms with Crippen LogP contribution in [0.15, 0.2) is 29.2 Å². The topological polar surface area (TPSA) is 81.4 Å². The summed E-state index contributed by atoms with van der Waals surface area (Å²) in [7, 11) is -4.62. The molecule has 3 N–H and O–H groups in total. The number of benzene rings is 1. The van der Waals surface area contributed by atoms with Gasteiger partial charge in [-0.2, -0.15) is 0 Å². The van der Waals surface area contributed by atoms with Crippen LogP contribution in [0.5, 0.6) is 5.75 Å². The Morgan fingerprint density at radius 1 is 1.14 bits per heavy atom. The van der Waals surface area contributed by atoms with Crippen molar-refractivity contribution in [3.8, 4) is 5.75 Å². The number of para-hydroxylation sites is 1. The van der Waals surface area contributed by atoms with Gasteiger partial charge < -0.3 is 10.5 Å². The fourth-order valence-electron chi connectivity index (χ4n) is 1.23. The minimum absolute atomic E-state index is 0. The van der Waals surface area contributed by atoms with E-state index < -0.39 is 46.0 Å². The first-order valence-corrected chi connectivity index (χ1v) is 6.87. The molecular weight excluding hydrogens is 359 g/mol. The van der Waals surface area contributed by atoms with Gasteiger partial charge in [0.15, 0.2) is 0 Å². The molecule has 0 unspecified atom stereocenters. The van der Waals surface area contributed by atoms with Crippen LogP contribution in [0.2, 0.25) is 0 Å². The zero-order valence-corrected chi connectivity index (χ0v) is 12.4. The average molecular weight is 371 g/mol. The molecule has 0 saturated carbocycles. The number of nitrogens with one attached hydrogen (secondary N) is 1. The van der Waals surface area contributed by atoms with Gasteiger partial charge in [-0.15, -0.1) is 25.6 Å². The van der Waals surface area contributed by atoms with Gasteiger partial charge in [0.05, 0.1) is 13.1 Å². The maximum atomic E-state index is 12.9. The first-order chi connectivity index (χ1) is 9.47. The Kier molecular flexibility index (Phi) is 7.00. The van der Waals surface area contributed by atoms with E-state index in [-0.39, 0.29) is 12.4 Å². The van der Waals surface area contributed by atoms with Crippen molar-refractivity contribution in [2.45, 2.75) is 17.2 Å².